The van der Waals surface area contributed by atoms with Crippen LogP contribution in [0.3, 0.4) is 0 Å². The van der Waals surface area contributed by atoms with E-state index in [4.69, 9.17) is 17.3 Å². The fourth-order valence-corrected chi connectivity index (χ4v) is 4.43. The van der Waals surface area contributed by atoms with Gasteiger partial charge in [0.15, 0.2) is 0 Å². The number of thiophene rings is 1. The van der Waals surface area contributed by atoms with E-state index in [0.717, 1.165) is 27.8 Å². The first-order valence-corrected chi connectivity index (χ1v) is 8.29. The Kier molecular flexibility index (Phi) is 4.33. The van der Waals surface area contributed by atoms with Gasteiger partial charge < -0.3 is 5.73 Å². The number of nitrogens with two attached hydrogens (primary N) is 1. The van der Waals surface area contributed by atoms with Crippen molar-refractivity contribution < 1.29 is 12.8 Å². The van der Waals surface area contributed by atoms with Crippen LogP contribution in [0.15, 0.2) is 28.5 Å². The highest BCUT2D eigenvalue weighted by atomic mass is 35.5. The van der Waals surface area contributed by atoms with Gasteiger partial charge in [0.1, 0.15) is 15.7 Å². The summed E-state index contributed by atoms with van der Waals surface area (Å²) in [4.78, 5) is 0.769. The largest absolute Gasteiger partial charge is 0.326 e. The van der Waals surface area contributed by atoms with Crippen LogP contribution in [0.1, 0.15) is 10.4 Å². The van der Waals surface area contributed by atoms with Gasteiger partial charge in [-0.3, -0.25) is 4.72 Å². The van der Waals surface area contributed by atoms with Crippen molar-refractivity contribution in [3.63, 3.8) is 0 Å². The van der Waals surface area contributed by atoms with Gasteiger partial charge in [-0.05, 0) is 30.7 Å². The maximum Gasteiger partial charge on any atom is 0.271 e. The van der Waals surface area contributed by atoms with Gasteiger partial charge in [-0.1, -0.05) is 17.7 Å². The lowest BCUT2D eigenvalue weighted by atomic mass is 10.3. The van der Waals surface area contributed by atoms with Crippen LogP contribution < -0.4 is 10.5 Å². The molecule has 2 aromatic rings. The molecule has 0 fully saturated rings. The fraction of sp³-hybridized carbons (Fsp3) is 0.167. The van der Waals surface area contributed by atoms with Crippen molar-refractivity contribution in [2.45, 2.75) is 17.7 Å². The van der Waals surface area contributed by atoms with E-state index >= 15 is 0 Å². The predicted octanol–water partition coefficient (Wildman–Crippen LogP) is 3.11. The molecule has 0 unspecified atom stereocenters. The highest BCUT2D eigenvalue weighted by Gasteiger charge is 2.21. The lowest BCUT2D eigenvalue weighted by molar-refractivity contribution is 0.600. The summed E-state index contributed by atoms with van der Waals surface area (Å²) in [5, 5.41) is 0.000835. The second-order valence-electron chi connectivity index (χ2n) is 4.08. The third-order valence-corrected chi connectivity index (χ3v) is 6.05. The maximum atomic E-state index is 13.6. The highest BCUT2D eigenvalue weighted by Crippen LogP contribution is 2.31. The molecule has 0 aliphatic heterocycles. The molecule has 8 heteroatoms. The Morgan fingerprint density at radius 3 is 2.70 bits per heavy atom. The Bertz CT molecular complexity index is 724. The van der Waals surface area contributed by atoms with Crippen LogP contribution in [-0.2, 0) is 16.6 Å². The zero-order valence-corrected chi connectivity index (χ0v) is 12.9. The molecule has 0 atom stereocenters. The molecular weight excluding hydrogens is 323 g/mol. The van der Waals surface area contributed by atoms with Crippen LogP contribution in [0.4, 0.5) is 10.1 Å². The molecular formula is C12H12ClFN2O2S2. The average Bonchev–Trinajstić information content (AvgIpc) is 2.76. The minimum Gasteiger partial charge on any atom is -0.326 e. The molecule has 0 amide bonds. The lowest BCUT2D eigenvalue weighted by Gasteiger charge is -2.08. The Hall–Kier alpha value is -1.15. The Morgan fingerprint density at radius 2 is 2.15 bits per heavy atom. The lowest BCUT2D eigenvalue weighted by Crippen LogP contribution is -2.13. The number of rotatable bonds is 4. The first-order chi connectivity index (χ1) is 9.35. The number of hydrogen-bond donors (Lipinski definition) is 2. The van der Waals surface area contributed by atoms with Crippen molar-refractivity contribution in [3.05, 3.63) is 45.5 Å². The van der Waals surface area contributed by atoms with Crippen molar-refractivity contribution in [2.24, 2.45) is 5.73 Å². The van der Waals surface area contributed by atoms with E-state index in [0.29, 0.717) is 0 Å². The van der Waals surface area contributed by atoms with Crippen LogP contribution in [0, 0.1) is 12.7 Å². The minimum atomic E-state index is -3.88. The zero-order valence-electron chi connectivity index (χ0n) is 10.5. The van der Waals surface area contributed by atoms with Gasteiger partial charge in [0.05, 0.1) is 5.02 Å². The summed E-state index contributed by atoms with van der Waals surface area (Å²) in [6, 6.07) is 5.45. The molecule has 1 aromatic carbocycles. The smallest absolute Gasteiger partial charge is 0.271 e. The SMILES string of the molecule is Cc1cc(S(=O)(=O)Nc2c(F)cccc2Cl)sc1CN. The monoisotopic (exact) mass is 334 g/mol. The molecule has 108 valence electrons. The third-order valence-electron chi connectivity index (χ3n) is 2.65. The van der Waals surface area contributed by atoms with Crippen LogP contribution >= 0.6 is 22.9 Å². The minimum absolute atomic E-state index is 0.000835. The van der Waals surface area contributed by atoms with Gasteiger partial charge in [0, 0.05) is 11.4 Å². The summed E-state index contributed by atoms with van der Waals surface area (Å²) in [5.41, 5.74) is 6.06. The van der Waals surface area contributed by atoms with Crippen LogP contribution in [0.25, 0.3) is 0 Å². The molecule has 3 N–H and O–H groups in total. The van der Waals surface area contributed by atoms with Crippen LogP contribution in [0.5, 0.6) is 0 Å². The maximum absolute atomic E-state index is 13.6. The summed E-state index contributed by atoms with van der Waals surface area (Å²) in [7, 11) is -3.88. The quantitative estimate of drug-likeness (QED) is 0.902. The summed E-state index contributed by atoms with van der Waals surface area (Å²) in [6.45, 7) is 2.03. The van der Waals surface area contributed by atoms with Gasteiger partial charge >= 0.3 is 0 Å². The number of halogens is 2. The molecule has 0 saturated carbocycles. The molecule has 4 nitrogen and oxygen atoms in total. The number of benzene rings is 1. The van der Waals surface area contributed by atoms with E-state index in [1.165, 1.54) is 18.2 Å². The van der Waals surface area contributed by atoms with E-state index in [2.05, 4.69) is 4.72 Å². The molecule has 20 heavy (non-hydrogen) atoms. The van der Waals surface area contributed by atoms with E-state index in [1.54, 1.807) is 6.92 Å². The van der Waals surface area contributed by atoms with Gasteiger partial charge in [-0.2, -0.15) is 0 Å². The molecule has 0 radical (unpaired) electrons. The van der Waals surface area contributed by atoms with Crippen molar-refractivity contribution in [1.82, 2.24) is 0 Å². The summed E-state index contributed by atoms with van der Waals surface area (Å²) < 4.78 is 40.3. The second kappa shape index (κ2) is 5.69. The fourth-order valence-electron chi connectivity index (χ4n) is 1.60. The normalized spacial score (nSPS) is 11.6. The number of sulfonamides is 1. The first kappa shape index (κ1) is 15.2. The third kappa shape index (κ3) is 2.95. The number of anilines is 1. The summed E-state index contributed by atoms with van der Waals surface area (Å²) >= 11 is 6.86. The number of para-hydroxylation sites is 1. The summed E-state index contributed by atoms with van der Waals surface area (Å²) in [6.07, 6.45) is 0. The van der Waals surface area contributed by atoms with E-state index in [1.807, 2.05) is 0 Å². The van der Waals surface area contributed by atoms with E-state index in [9.17, 15) is 12.8 Å². The zero-order chi connectivity index (χ0) is 14.9. The number of nitrogens with one attached hydrogen (secondary N) is 1. The molecule has 1 aromatic heterocycles. The molecule has 0 aliphatic carbocycles. The summed E-state index contributed by atoms with van der Waals surface area (Å²) in [5.74, 6) is -0.728. The van der Waals surface area contributed by atoms with E-state index < -0.39 is 15.8 Å². The van der Waals surface area contributed by atoms with Gasteiger partial charge in [-0.15, -0.1) is 11.3 Å². The van der Waals surface area contributed by atoms with Gasteiger partial charge in [-0.25, -0.2) is 12.8 Å². The standard InChI is InChI=1S/C12H12ClFN2O2S2/c1-7-5-11(19-10(7)6-15)20(17,18)16-12-8(13)3-2-4-9(12)14/h2-5,16H,6,15H2,1H3. The van der Waals surface area contributed by atoms with Crippen molar-refractivity contribution >= 4 is 38.6 Å². The highest BCUT2D eigenvalue weighted by molar-refractivity contribution is 7.94. The molecule has 0 bridgehead atoms. The van der Waals surface area contributed by atoms with Gasteiger partial charge in [0.25, 0.3) is 10.0 Å². The Morgan fingerprint density at radius 1 is 1.45 bits per heavy atom. The Labute approximate surface area is 125 Å². The van der Waals surface area contributed by atoms with Crippen LogP contribution in [0.2, 0.25) is 5.02 Å². The topological polar surface area (TPSA) is 72.2 Å². The number of aryl methyl sites for hydroxylation is 1. The van der Waals surface area contributed by atoms with Crippen molar-refractivity contribution in [1.29, 1.82) is 0 Å². The molecule has 1 heterocycles. The molecule has 0 saturated heterocycles. The molecule has 0 aliphatic rings. The molecule has 2 rings (SSSR count). The first-order valence-electron chi connectivity index (χ1n) is 5.61. The number of hydrogen-bond acceptors (Lipinski definition) is 4. The second-order valence-corrected chi connectivity index (χ2v) is 7.53. The predicted molar refractivity (Wildman–Crippen MR) is 79.2 cm³/mol. The Balaban J connectivity index is 2.41. The van der Waals surface area contributed by atoms with Crippen molar-refractivity contribution in [3.8, 4) is 0 Å². The average molecular weight is 335 g/mol. The van der Waals surface area contributed by atoms with Crippen molar-refractivity contribution in [2.75, 3.05) is 4.72 Å². The van der Waals surface area contributed by atoms with Gasteiger partial charge in [0.2, 0.25) is 0 Å². The molecule has 0 spiro atoms. The van der Waals surface area contributed by atoms with E-state index in [-0.39, 0.29) is 21.5 Å². The van der Waals surface area contributed by atoms with Crippen LogP contribution in [-0.4, -0.2) is 8.42 Å².